The van der Waals surface area contributed by atoms with Gasteiger partial charge < -0.3 is 100 Å². The normalized spacial score (nSPS) is 28.0. The van der Waals surface area contributed by atoms with Crippen LogP contribution in [0.2, 0.25) is 0 Å². The van der Waals surface area contributed by atoms with Crippen molar-refractivity contribution in [3.8, 4) is 0 Å². The first kappa shape index (κ1) is 85.4. The third-order valence-electron chi connectivity index (χ3n) is 18.6. The summed E-state index contributed by atoms with van der Waals surface area (Å²) >= 11 is 0. The van der Waals surface area contributed by atoms with Crippen LogP contribution < -0.4 is 10.6 Å². The van der Waals surface area contributed by atoms with Crippen molar-refractivity contribution in [1.82, 2.24) is 10.6 Å². The zero-order valence-corrected chi connectivity index (χ0v) is 57.6. The Morgan fingerprint density at radius 2 is 1.00 bits per heavy atom. The minimum atomic E-state index is -3.08. The zero-order valence-electron chi connectivity index (χ0n) is 57.6. The molecule has 18 unspecified atom stereocenters. The molecule has 550 valence electrons. The van der Waals surface area contributed by atoms with Gasteiger partial charge in [-0.25, -0.2) is 4.79 Å². The van der Waals surface area contributed by atoms with E-state index in [0.29, 0.717) is 12.8 Å². The third-order valence-corrected chi connectivity index (χ3v) is 18.6. The maximum atomic E-state index is 13.5. The quantitative estimate of drug-likeness (QED) is 0.0205. The summed E-state index contributed by atoms with van der Waals surface area (Å²) in [5.74, 6) is -6.15. The summed E-state index contributed by atoms with van der Waals surface area (Å²) < 4.78 is 34.8. The molecule has 94 heavy (non-hydrogen) atoms. The van der Waals surface area contributed by atoms with Crippen molar-refractivity contribution in [3.63, 3.8) is 0 Å². The molecule has 23 nitrogen and oxygen atoms in total. The molecule has 23 heteroatoms. The highest BCUT2D eigenvalue weighted by Crippen LogP contribution is 2.39. The predicted molar refractivity (Wildman–Crippen MR) is 357 cm³/mol. The molecule has 3 heterocycles. The lowest BCUT2D eigenvalue weighted by atomic mass is 9.88. The summed E-state index contributed by atoms with van der Waals surface area (Å²) in [6.45, 7) is 2.15. The standard InChI is InChI=1S/C71H130N2O21/c1-4-6-8-10-12-14-16-18-20-22-23-24-25-26-27-28-29-30-32-34-36-38-40-42-44-53(78)52(73-58(81)45-43-41-39-37-35-33-31-21-19-17-15-13-11-9-7-5-2)50-89-68-63(85)62(84)65(57(49-76)91-68)92-69-64(86)67(61(83)56(48-75)90-69)94-71(70(87)88)46-54(79)59(72-51(3)77)66(93-71)60(82)55(80)47-74/h21,31,42,44,52-57,59-69,74-76,78-80,82-86H,4-20,22-30,32-41,43,45-50H2,1-3H3,(H,72,77)(H,73,81)(H,87,88)/b31-21-,44-42+. The van der Waals surface area contributed by atoms with Crippen molar-refractivity contribution in [2.24, 2.45) is 0 Å². The number of carboxylic acids is 1. The fourth-order valence-corrected chi connectivity index (χ4v) is 12.8. The predicted octanol–water partition coefficient (Wildman–Crippen LogP) is 7.62. The highest BCUT2D eigenvalue weighted by molar-refractivity contribution is 5.77. The summed E-state index contributed by atoms with van der Waals surface area (Å²) in [6, 6.07) is -2.62. The van der Waals surface area contributed by atoms with E-state index in [1.165, 1.54) is 167 Å². The van der Waals surface area contributed by atoms with E-state index in [-0.39, 0.29) is 12.3 Å². The van der Waals surface area contributed by atoms with Crippen molar-refractivity contribution < 1.29 is 104 Å². The van der Waals surface area contributed by atoms with Gasteiger partial charge in [0.05, 0.1) is 50.7 Å². The first-order valence-corrected chi connectivity index (χ1v) is 36.7. The van der Waals surface area contributed by atoms with Crippen LogP contribution in [0.3, 0.4) is 0 Å². The van der Waals surface area contributed by atoms with Crippen LogP contribution in [0.4, 0.5) is 0 Å². The van der Waals surface area contributed by atoms with Gasteiger partial charge in [0.15, 0.2) is 12.6 Å². The van der Waals surface area contributed by atoms with Gasteiger partial charge in [-0.1, -0.05) is 231 Å². The van der Waals surface area contributed by atoms with E-state index in [2.05, 4.69) is 36.6 Å². The number of aliphatic hydroxyl groups excluding tert-OH is 11. The lowest BCUT2D eigenvalue weighted by Crippen LogP contribution is -2.70. The molecule has 0 bridgehead atoms. The molecule has 0 saturated carbocycles. The van der Waals surface area contributed by atoms with Crippen LogP contribution in [-0.2, 0) is 42.8 Å². The molecule has 3 fully saturated rings. The number of ether oxygens (including phenoxy) is 6. The number of allylic oxidation sites excluding steroid dienone is 3. The number of carbonyl (C=O) groups is 3. The molecule has 0 spiro atoms. The van der Waals surface area contributed by atoms with Gasteiger partial charge in [0.25, 0.3) is 5.79 Å². The number of unbranched alkanes of at least 4 members (excludes halogenated alkanes) is 34. The highest BCUT2D eigenvalue weighted by Gasteiger charge is 2.60. The Balaban J connectivity index is 1.57. The number of rotatable bonds is 56. The van der Waals surface area contributed by atoms with E-state index in [4.69, 9.17) is 28.4 Å². The molecule has 0 aromatic carbocycles. The van der Waals surface area contributed by atoms with Crippen molar-refractivity contribution in [1.29, 1.82) is 0 Å². The van der Waals surface area contributed by atoms with E-state index in [9.17, 15) is 75.7 Å². The van der Waals surface area contributed by atoms with Crippen LogP contribution in [0, 0.1) is 0 Å². The second-order valence-electron chi connectivity index (χ2n) is 26.8. The number of amides is 2. The van der Waals surface area contributed by atoms with Crippen molar-refractivity contribution in [2.45, 2.75) is 381 Å². The van der Waals surface area contributed by atoms with Crippen molar-refractivity contribution >= 4 is 17.8 Å². The number of hydrogen-bond donors (Lipinski definition) is 14. The van der Waals surface area contributed by atoms with E-state index in [0.717, 1.165) is 64.7 Å². The van der Waals surface area contributed by atoms with Gasteiger partial charge in [0.2, 0.25) is 11.8 Å². The van der Waals surface area contributed by atoms with Gasteiger partial charge in [-0.15, -0.1) is 0 Å². The molecule has 0 aromatic heterocycles. The van der Waals surface area contributed by atoms with E-state index < -0.39 is 155 Å². The van der Waals surface area contributed by atoms with Crippen LogP contribution in [-0.4, -0.2) is 215 Å². The lowest BCUT2D eigenvalue weighted by Gasteiger charge is -2.50. The second kappa shape index (κ2) is 51.4. The molecule has 14 N–H and O–H groups in total. The average molecular weight is 1350 g/mol. The second-order valence-corrected chi connectivity index (χ2v) is 26.8. The van der Waals surface area contributed by atoms with Gasteiger partial charge in [-0.3, -0.25) is 9.59 Å². The fourth-order valence-electron chi connectivity index (χ4n) is 12.8. The van der Waals surface area contributed by atoms with Crippen LogP contribution in [0.5, 0.6) is 0 Å². The summed E-state index contributed by atoms with van der Waals surface area (Å²) in [5, 5.41) is 136. The van der Waals surface area contributed by atoms with Gasteiger partial charge in [-0.2, -0.15) is 0 Å². The largest absolute Gasteiger partial charge is 0.477 e. The summed E-state index contributed by atoms with van der Waals surface area (Å²) in [4.78, 5) is 38.6. The average Bonchev–Trinajstić information content (AvgIpc) is 0.762. The van der Waals surface area contributed by atoms with E-state index in [1.54, 1.807) is 6.08 Å². The molecule has 3 aliphatic heterocycles. The smallest absolute Gasteiger partial charge is 0.364 e. The summed E-state index contributed by atoms with van der Waals surface area (Å²) in [5.41, 5.74) is 0. The molecule has 3 saturated heterocycles. The number of aliphatic hydroxyl groups is 11. The van der Waals surface area contributed by atoms with Crippen LogP contribution in [0.15, 0.2) is 24.3 Å². The van der Waals surface area contributed by atoms with Gasteiger partial charge in [0.1, 0.15) is 67.1 Å². The Kier molecular flexibility index (Phi) is 46.7. The first-order valence-electron chi connectivity index (χ1n) is 36.7. The van der Waals surface area contributed by atoms with Gasteiger partial charge >= 0.3 is 5.97 Å². The molecular formula is C71H130N2O21. The molecule has 0 aromatic rings. The number of carbonyl (C=O) groups excluding carboxylic acids is 2. The number of aliphatic carboxylic acids is 1. The van der Waals surface area contributed by atoms with E-state index in [1.807, 2.05) is 6.08 Å². The van der Waals surface area contributed by atoms with Crippen LogP contribution in [0.25, 0.3) is 0 Å². The Morgan fingerprint density at radius 1 is 0.553 bits per heavy atom. The molecule has 0 aliphatic carbocycles. The first-order chi connectivity index (χ1) is 45.4. The van der Waals surface area contributed by atoms with Crippen LogP contribution in [0.1, 0.15) is 271 Å². The van der Waals surface area contributed by atoms with E-state index >= 15 is 0 Å². The third kappa shape index (κ3) is 32.9. The van der Waals surface area contributed by atoms with Gasteiger partial charge in [-0.05, 0) is 44.9 Å². The topological polar surface area (TPSA) is 373 Å². The monoisotopic (exact) mass is 1350 g/mol. The summed E-state index contributed by atoms with van der Waals surface area (Å²) in [6.07, 6.45) is 23.6. The molecule has 0 radical (unpaired) electrons. The number of hydrogen-bond acceptors (Lipinski definition) is 20. The minimum absolute atomic E-state index is 0.191. The summed E-state index contributed by atoms with van der Waals surface area (Å²) in [7, 11) is 0. The Labute approximate surface area is 562 Å². The maximum absolute atomic E-state index is 13.5. The van der Waals surface area contributed by atoms with Gasteiger partial charge in [0, 0.05) is 19.8 Å². The lowest BCUT2D eigenvalue weighted by molar-refractivity contribution is -0.386. The molecule has 3 rings (SSSR count). The molecule has 2 amide bonds. The maximum Gasteiger partial charge on any atom is 0.364 e. The molecule has 18 atom stereocenters. The number of nitrogens with one attached hydrogen (secondary N) is 2. The van der Waals surface area contributed by atoms with Crippen molar-refractivity contribution in [2.75, 3.05) is 26.4 Å². The minimum Gasteiger partial charge on any atom is -0.477 e. The van der Waals surface area contributed by atoms with Crippen LogP contribution >= 0.6 is 0 Å². The SMILES string of the molecule is CCCCCCCCC/C=C\CCCCCCCC(=O)NC(COC1OC(CO)C(OC2OC(CO)C(O)C(OC3(C(=O)O)CC(O)C(NC(C)=O)C(C(O)C(O)CO)O3)C2O)C(O)C1O)C(O)/C=C/CCCCCCCCCCCCCCCCCCCCCCCC. The van der Waals surface area contributed by atoms with Crippen molar-refractivity contribution in [3.05, 3.63) is 24.3 Å². The molecular weight excluding hydrogens is 1220 g/mol. The number of carboxylic acid groups (broad SMARTS) is 1. The Hall–Kier alpha value is -2.79. The highest BCUT2D eigenvalue weighted by atomic mass is 16.8. The Morgan fingerprint density at radius 3 is 1.45 bits per heavy atom. The molecule has 3 aliphatic rings. The fraction of sp³-hybridized carbons (Fsp3) is 0.901. The zero-order chi connectivity index (χ0) is 68.9. The Bertz CT molecular complexity index is 1990.